The van der Waals surface area contributed by atoms with Gasteiger partial charge in [-0.1, -0.05) is 11.6 Å². The first-order valence-electron chi connectivity index (χ1n) is 9.41. The number of likely N-dealkylation sites (tertiary alicyclic amines) is 1. The van der Waals surface area contributed by atoms with Crippen molar-refractivity contribution in [2.75, 3.05) is 26.2 Å². The van der Waals surface area contributed by atoms with Crippen LogP contribution in [0.25, 0.3) is 10.9 Å². The zero-order valence-electron chi connectivity index (χ0n) is 15.3. The summed E-state index contributed by atoms with van der Waals surface area (Å²) in [6, 6.07) is 6.44. The van der Waals surface area contributed by atoms with Gasteiger partial charge in [-0.25, -0.2) is 0 Å². The maximum atomic E-state index is 13.1. The molecule has 26 heavy (non-hydrogen) atoms. The van der Waals surface area contributed by atoms with Gasteiger partial charge in [0.25, 0.3) is 0 Å². The van der Waals surface area contributed by atoms with E-state index in [1.807, 2.05) is 9.80 Å². The SMILES string of the molecule is Cc1ccc2[nH]c3c(c2c1)CN(C(=O)[C@@H]1CCCN(CC(N)=O)C1)CC3. The van der Waals surface area contributed by atoms with Crippen molar-refractivity contribution in [1.29, 1.82) is 0 Å². The van der Waals surface area contributed by atoms with E-state index < -0.39 is 0 Å². The highest BCUT2D eigenvalue weighted by molar-refractivity contribution is 5.87. The highest BCUT2D eigenvalue weighted by Crippen LogP contribution is 2.30. The van der Waals surface area contributed by atoms with E-state index in [1.54, 1.807) is 0 Å². The molecule has 0 spiro atoms. The zero-order chi connectivity index (χ0) is 18.3. The molecule has 1 aromatic heterocycles. The molecule has 0 radical (unpaired) electrons. The Kier molecular flexibility index (Phi) is 4.44. The Labute approximate surface area is 153 Å². The molecule has 6 nitrogen and oxygen atoms in total. The van der Waals surface area contributed by atoms with Crippen LogP contribution in [0.5, 0.6) is 0 Å². The number of benzene rings is 1. The van der Waals surface area contributed by atoms with Crippen LogP contribution in [0.1, 0.15) is 29.7 Å². The summed E-state index contributed by atoms with van der Waals surface area (Å²) in [7, 11) is 0. The van der Waals surface area contributed by atoms with Gasteiger partial charge < -0.3 is 15.6 Å². The van der Waals surface area contributed by atoms with Crippen molar-refractivity contribution in [1.82, 2.24) is 14.8 Å². The number of hydrogen-bond donors (Lipinski definition) is 2. The summed E-state index contributed by atoms with van der Waals surface area (Å²) in [5, 5.41) is 1.23. The Morgan fingerprint density at radius 2 is 2.15 bits per heavy atom. The van der Waals surface area contributed by atoms with Gasteiger partial charge in [-0.2, -0.15) is 0 Å². The van der Waals surface area contributed by atoms with Crippen LogP contribution in [0.15, 0.2) is 18.2 Å². The normalized spacial score (nSPS) is 21.0. The first-order valence-corrected chi connectivity index (χ1v) is 9.41. The predicted octanol–water partition coefficient (Wildman–Crippen LogP) is 1.56. The molecule has 138 valence electrons. The first-order chi connectivity index (χ1) is 12.5. The van der Waals surface area contributed by atoms with Crippen LogP contribution in [-0.4, -0.2) is 52.8 Å². The number of carbonyl (C=O) groups is 2. The molecule has 3 heterocycles. The van der Waals surface area contributed by atoms with E-state index in [-0.39, 0.29) is 24.3 Å². The van der Waals surface area contributed by atoms with Gasteiger partial charge in [-0.3, -0.25) is 14.5 Å². The summed E-state index contributed by atoms with van der Waals surface area (Å²) in [4.78, 5) is 31.8. The quantitative estimate of drug-likeness (QED) is 0.877. The summed E-state index contributed by atoms with van der Waals surface area (Å²) >= 11 is 0. The minimum Gasteiger partial charge on any atom is -0.369 e. The fraction of sp³-hybridized carbons (Fsp3) is 0.500. The highest BCUT2D eigenvalue weighted by atomic mass is 16.2. The van der Waals surface area contributed by atoms with Gasteiger partial charge in [0.1, 0.15) is 0 Å². The molecule has 1 aromatic carbocycles. The molecule has 2 aromatic rings. The Morgan fingerprint density at radius 1 is 1.31 bits per heavy atom. The molecule has 2 aliphatic heterocycles. The number of aryl methyl sites for hydroxylation is 1. The predicted molar refractivity (Wildman–Crippen MR) is 101 cm³/mol. The third-order valence-corrected chi connectivity index (χ3v) is 5.68. The van der Waals surface area contributed by atoms with Crippen LogP contribution < -0.4 is 5.73 Å². The summed E-state index contributed by atoms with van der Waals surface area (Å²) in [5.41, 5.74) is 10.2. The van der Waals surface area contributed by atoms with E-state index in [9.17, 15) is 9.59 Å². The van der Waals surface area contributed by atoms with Crippen LogP contribution in [0.3, 0.4) is 0 Å². The lowest BCUT2D eigenvalue weighted by molar-refractivity contribution is -0.139. The Hall–Kier alpha value is -2.34. The van der Waals surface area contributed by atoms with Crippen LogP contribution >= 0.6 is 0 Å². The molecule has 0 aliphatic carbocycles. The number of nitrogens with zero attached hydrogens (tertiary/aromatic N) is 2. The van der Waals surface area contributed by atoms with Crippen molar-refractivity contribution in [3.63, 3.8) is 0 Å². The largest absolute Gasteiger partial charge is 0.369 e. The summed E-state index contributed by atoms with van der Waals surface area (Å²) in [5.74, 6) is -0.140. The third kappa shape index (κ3) is 3.21. The molecule has 0 unspecified atom stereocenters. The van der Waals surface area contributed by atoms with Crippen molar-refractivity contribution in [3.8, 4) is 0 Å². The molecular weight excluding hydrogens is 328 g/mol. The minimum atomic E-state index is -0.324. The van der Waals surface area contributed by atoms with E-state index in [4.69, 9.17) is 5.73 Å². The molecule has 0 bridgehead atoms. The van der Waals surface area contributed by atoms with Crippen molar-refractivity contribution in [3.05, 3.63) is 35.0 Å². The van der Waals surface area contributed by atoms with Gasteiger partial charge in [-0.05, 0) is 38.4 Å². The number of rotatable bonds is 3. The van der Waals surface area contributed by atoms with Gasteiger partial charge in [0.2, 0.25) is 11.8 Å². The maximum absolute atomic E-state index is 13.1. The number of nitrogens with two attached hydrogens (primary N) is 1. The van der Waals surface area contributed by atoms with Gasteiger partial charge in [0, 0.05) is 48.2 Å². The Balaban J connectivity index is 1.51. The standard InChI is InChI=1S/C20H26N4O2/c1-13-4-5-17-15(9-13)16-11-24(8-6-18(16)22-17)20(26)14-3-2-7-23(10-14)12-19(21)25/h4-5,9,14,22H,2-3,6-8,10-12H2,1H3,(H2,21,25)/t14-/m1/s1. The van der Waals surface area contributed by atoms with Crippen molar-refractivity contribution >= 4 is 22.7 Å². The van der Waals surface area contributed by atoms with E-state index in [0.717, 1.165) is 37.9 Å². The van der Waals surface area contributed by atoms with E-state index in [2.05, 4.69) is 30.1 Å². The lowest BCUT2D eigenvalue weighted by Gasteiger charge is -2.35. The monoisotopic (exact) mass is 354 g/mol. The van der Waals surface area contributed by atoms with Crippen LogP contribution in [0.2, 0.25) is 0 Å². The molecule has 6 heteroatoms. The Bertz CT molecular complexity index is 857. The Morgan fingerprint density at radius 3 is 2.96 bits per heavy atom. The zero-order valence-corrected chi connectivity index (χ0v) is 15.3. The molecule has 1 atom stereocenters. The topological polar surface area (TPSA) is 82.4 Å². The molecule has 3 N–H and O–H groups in total. The molecule has 0 saturated carbocycles. The number of nitrogens with one attached hydrogen (secondary N) is 1. The molecule has 1 fully saturated rings. The van der Waals surface area contributed by atoms with Crippen LogP contribution in [0.4, 0.5) is 0 Å². The molecular formula is C20H26N4O2. The van der Waals surface area contributed by atoms with E-state index >= 15 is 0 Å². The van der Waals surface area contributed by atoms with Gasteiger partial charge in [0.05, 0.1) is 12.5 Å². The fourth-order valence-corrected chi connectivity index (χ4v) is 4.40. The second kappa shape index (κ2) is 6.76. The molecule has 2 amide bonds. The second-order valence-electron chi connectivity index (χ2n) is 7.68. The number of primary amides is 1. The highest BCUT2D eigenvalue weighted by Gasteiger charge is 2.32. The van der Waals surface area contributed by atoms with Gasteiger partial charge >= 0.3 is 0 Å². The number of aromatic amines is 1. The molecule has 4 rings (SSSR count). The van der Waals surface area contributed by atoms with Crippen molar-refractivity contribution in [2.45, 2.75) is 32.7 Å². The van der Waals surface area contributed by atoms with Crippen LogP contribution in [-0.2, 0) is 22.6 Å². The third-order valence-electron chi connectivity index (χ3n) is 5.68. The van der Waals surface area contributed by atoms with Crippen LogP contribution in [0, 0.1) is 12.8 Å². The minimum absolute atomic E-state index is 0.0309. The number of fused-ring (bicyclic) bond motifs is 3. The molecule has 2 aliphatic rings. The summed E-state index contributed by atoms with van der Waals surface area (Å²) in [6.07, 6.45) is 2.70. The lowest BCUT2D eigenvalue weighted by Crippen LogP contribution is -2.47. The van der Waals surface area contributed by atoms with Crippen molar-refractivity contribution < 1.29 is 9.59 Å². The molecule has 1 saturated heterocycles. The average Bonchev–Trinajstić information content (AvgIpc) is 2.98. The number of carbonyl (C=O) groups excluding carboxylic acids is 2. The second-order valence-corrected chi connectivity index (χ2v) is 7.68. The number of piperidine rings is 1. The van der Waals surface area contributed by atoms with Gasteiger partial charge in [0.15, 0.2) is 0 Å². The average molecular weight is 354 g/mol. The maximum Gasteiger partial charge on any atom is 0.231 e. The first kappa shape index (κ1) is 17.1. The smallest absolute Gasteiger partial charge is 0.231 e. The lowest BCUT2D eigenvalue weighted by atomic mass is 9.94. The number of hydrogen-bond acceptors (Lipinski definition) is 3. The fourth-order valence-electron chi connectivity index (χ4n) is 4.40. The number of amides is 2. The number of H-pyrrole nitrogens is 1. The van der Waals surface area contributed by atoms with Gasteiger partial charge in [-0.15, -0.1) is 0 Å². The summed E-state index contributed by atoms with van der Waals surface area (Å²) < 4.78 is 0. The van der Waals surface area contributed by atoms with E-state index in [1.165, 1.54) is 22.2 Å². The summed E-state index contributed by atoms with van der Waals surface area (Å²) in [6.45, 7) is 5.25. The number of aromatic nitrogens is 1. The van der Waals surface area contributed by atoms with E-state index in [0.29, 0.717) is 13.1 Å². The van der Waals surface area contributed by atoms with Crippen molar-refractivity contribution in [2.24, 2.45) is 11.7 Å².